The van der Waals surface area contributed by atoms with E-state index in [1.807, 2.05) is 74.5 Å². The van der Waals surface area contributed by atoms with Crippen LogP contribution in [0.25, 0.3) is 0 Å². The first-order valence-electron chi connectivity index (χ1n) is 29.4. The van der Waals surface area contributed by atoms with Gasteiger partial charge in [-0.05, 0) is 68.4 Å². The second-order valence-electron chi connectivity index (χ2n) is 22.0. The van der Waals surface area contributed by atoms with Crippen LogP contribution in [0.5, 0.6) is 0 Å². The number of aliphatic hydroxyl groups is 2. The van der Waals surface area contributed by atoms with Crippen LogP contribution in [0.2, 0.25) is 0 Å². The van der Waals surface area contributed by atoms with E-state index < -0.39 is 76.6 Å². The summed E-state index contributed by atoms with van der Waals surface area (Å²) in [5.74, 6) is -4.78. The minimum Gasteiger partial charge on any atom is -0.480 e. The molecule has 6 rings (SSSR count). The number of morpholine rings is 2. The molecule has 20 heteroatoms. The molecule has 0 aromatic heterocycles. The largest absolute Gasteiger partial charge is 0.480 e. The molecule has 2 aromatic rings. The Hall–Kier alpha value is -5.80. The lowest BCUT2D eigenvalue weighted by Gasteiger charge is -2.40. The number of hydrogen-bond donors (Lipinski definition) is 6. The maximum atomic E-state index is 13.9. The van der Waals surface area contributed by atoms with Gasteiger partial charge in [0.1, 0.15) is 23.3 Å². The molecule has 2 saturated heterocycles. The van der Waals surface area contributed by atoms with E-state index in [1.54, 1.807) is 9.80 Å². The Labute approximate surface area is 478 Å². The van der Waals surface area contributed by atoms with Gasteiger partial charge in [0.05, 0.1) is 52.5 Å². The van der Waals surface area contributed by atoms with Crippen molar-refractivity contribution in [2.75, 3.05) is 66.8 Å². The Morgan fingerprint density at radius 1 is 0.580 bits per heavy atom. The van der Waals surface area contributed by atoms with Gasteiger partial charge in [0.15, 0.2) is 17.3 Å². The van der Waals surface area contributed by atoms with Crippen LogP contribution in [0, 0.1) is 17.8 Å². The number of aliphatic carboxylic acids is 1. The van der Waals surface area contributed by atoms with Gasteiger partial charge in [0.2, 0.25) is 0 Å². The summed E-state index contributed by atoms with van der Waals surface area (Å²) >= 11 is 0. The van der Waals surface area contributed by atoms with Crippen molar-refractivity contribution < 1.29 is 72.6 Å². The number of nitrogens with zero attached hydrogens (tertiary/aromatic N) is 2. The maximum absolute atomic E-state index is 13.9. The number of carboxylic acids is 1. The fourth-order valence-corrected chi connectivity index (χ4v) is 11.0. The highest BCUT2D eigenvalue weighted by atomic mass is 16.5. The minimum absolute atomic E-state index is 0.00211. The van der Waals surface area contributed by atoms with Crippen molar-refractivity contribution in [1.82, 2.24) is 20.4 Å². The number of rotatable bonds is 26. The minimum atomic E-state index is -1.38. The lowest BCUT2D eigenvalue weighted by atomic mass is 9.74. The molecule has 0 bridgehead atoms. The van der Waals surface area contributed by atoms with Crippen molar-refractivity contribution in [3.63, 3.8) is 0 Å². The van der Waals surface area contributed by atoms with Crippen molar-refractivity contribution in [3.8, 4) is 0 Å². The van der Waals surface area contributed by atoms with E-state index in [0.29, 0.717) is 104 Å². The molecule has 0 spiro atoms. The van der Waals surface area contributed by atoms with E-state index in [-0.39, 0.29) is 37.1 Å². The molecule has 6 atom stereocenters. The molecular weight excluding hydrogens is 1040 g/mol. The van der Waals surface area contributed by atoms with E-state index in [9.17, 15) is 53.7 Å². The lowest BCUT2D eigenvalue weighted by Crippen LogP contribution is -2.60. The van der Waals surface area contributed by atoms with Crippen molar-refractivity contribution >= 4 is 47.3 Å². The molecule has 0 unspecified atom stereocenters. The molecule has 2 aromatic carbocycles. The molecule has 0 radical (unpaired) electrons. The van der Waals surface area contributed by atoms with E-state index in [4.69, 9.17) is 24.7 Å². The third-order valence-electron chi connectivity index (χ3n) is 16.0. The predicted molar refractivity (Wildman–Crippen MR) is 304 cm³/mol. The molecule has 2 aliphatic carbocycles. The molecule has 20 nitrogen and oxygen atoms in total. The molecule has 4 aliphatic rings. The Morgan fingerprint density at radius 2 is 0.975 bits per heavy atom. The van der Waals surface area contributed by atoms with Crippen LogP contribution in [0.3, 0.4) is 0 Å². The maximum Gasteiger partial charge on any atom is 0.329 e. The number of ketones is 3. The number of methoxy groups -OCH3 is 2. The van der Waals surface area contributed by atoms with E-state index in [1.165, 1.54) is 14.2 Å². The van der Waals surface area contributed by atoms with Gasteiger partial charge < -0.3 is 60.4 Å². The highest BCUT2D eigenvalue weighted by molar-refractivity contribution is 5.94. The van der Waals surface area contributed by atoms with Crippen LogP contribution in [0.4, 0.5) is 9.59 Å². The Balaban J connectivity index is 0.000000289. The molecule has 2 aliphatic heterocycles. The van der Waals surface area contributed by atoms with Gasteiger partial charge in [-0.1, -0.05) is 139 Å². The van der Waals surface area contributed by atoms with Gasteiger partial charge in [-0.2, -0.15) is 0 Å². The van der Waals surface area contributed by atoms with Gasteiger partial charge in [0, 0.05) is 51.5 Å². The fraction of sp³-hybridized carbons (Fsp3) is 0.672. The Kier molecular flexibility index (Phi) is 30.0. The number of nitrogens with two attached hydrogens (primary N) is 1. The summed E-state index contributed by atoms with van der Waals surface area (Å²) in [5.41, 5.74) is 5.64. The summed E-state index contributed by atoms with van der Waals surface area (Å²) < 4.78 is 20.3. The second-order valence-corrected chi connectivity index (χ2v) is 22.0. The van der Waals surface area contributed by atoms with Crippen LogP contribution >= 0.6 is 0 Å². The third kappa shape index (κ3) is 22.1. The zero-order valence-corrected chi connectivity index (χ0v) is 48.5. The topological polar surface area (TPSA) is 291 Å². The molecule has 4 amide bonds. The summed E-state index contributed by atoms with van der Waals surface area (Å²) in [6.07, 6.45) is 9.94. The third-order valence-corrected chi connectivity index (χ3v) is 16.0. The van der Waals surface area contributed by atoms with Gasteiger partial charge in [0.25, 0.3) is 0 Å². The molecule has 2 heterocycles. The number of aliphatic hydroxyl groups excluding tert-OH is 2. The average Bonchev–Trinajstić information content (AvgIpc) is 3.53. The standard InChI is InChI=1S/C31H46N2O7.C18H27NO4.C12H20N2O4/c1-3-4-13-24(28(36)26(34)21-25(29(37)39-2)20-23-11-7-5-8-12-23)22-27(35)31(14-9-6-10-15-31)32-30(38)33-16-18-40-19-17-33;1-3-4-10-15(19)17(21)16(20)12-14(18(22)23-2)11-13-8-6-5-7-9-13;15-10(16)12(4-2-1-3-5-12)13-11(17)14-6-8-18-9-7-14/h5,7-8,11-12,24-25,28,36H,3-4,6,9-10,13-22H2,1-2H3,(H,32,38);5-9,14-15,17,21H,3-4,10-12,19H2,1-2H3;1-9H2,(H,13,17)(H,15,16)/t24-,25-,28+;14-,15+,17+;/m11./s1. The number of carboxylic acid groups (broad SMARTS) is 1. The van der Waals surface area contributed by atoms with E-state index in [2.05, 4.69) is 10.6 Å². The molecule has 81 heavy (non-hydrogen) atoms. The number of hydrogen-bond acceptors (Lipinski definition) is 15. The summed E-state index contributed by atoms with van der Waals surface area (Å²) in [6, 6.07) is 17.7. The van der Waals surface area contributed by atoms with Gasteiger partial charge >= 0.3 is 30.0 Å². The lowest BCUT2D eigenvalue weighted by molar-refractivity contribution is -0.149. The Bertz CT molecular complexity index is 2250. The number of benzene rings is 2. The molecule has 2 saturated carbocycles. The van der Waals surface area contributed by atoms with Crippen molar-refractivity contribution in [2.45, 2.75) is 178 Å². The number of Topliss-reactive ketones (excluding diaryl/α,β-unsaturated/α-hetero) is 3. The number of urea groups is 2. The molecule has 7 N–H and O–H groups in total. The van der Waals surface area contributed by atoms with E-state index in [0.717, 1.165) is 75.3 Å². The van der Waals surface area contributed by atoms with Crippen LogP contribution < -0.4 is 16.4 Å². The highest BCUT2D eigenvalue weighted by Gasteiger charge is 2.44. The molecule has 4 fully saturated rings. The van der Waals surface area contributed by atoms with Crippen LogP contribution in [-0.2, 0) is 60.6 Å². The summed E-state index contributed by atoms with van der Waals surface area (Å²) in [7, 11) is 2.59. The number of nitrogens with one attached hydrogen (secondary N) is 2. The zero-order valence-electron chi connectivity index (χ0n) is 48.5. The number of carbonyl (C=O) groups is 8. The second kappa shape index (κ2) is 35.9. The summed E-state index contributed by atoms with van der Waals surface area (Å²) in [5, 5.41) is 36.5. The predicted octanol–water partition coefficient (Wildman–Crippen LogP) is 6.52. The molecule has 452 valence electrons. The normalized spacial score (nSPS) is 18.9. The number of ether oxygens (including phenoxy) is 4. The quantitative estimate of drug-likeness (QED) is 0.0547. The van der Waals surface area contributed by atoms with Crippen molar-refractivity contribution in [3.05, 3.63) is 71.8 Å². The average molecular weight is 1140 g/mol. The van der Waals surface area contributed by atoms with E-state index >= 15 is 0 Å². The van der Waals surface area contributed by atoms with Crippen LogP contribution in [-0.4, -0.2) is 169 Å². The fourth-order valence-electron chi connectivity index (χ4n) is 11.0. The number of esters is 2. The van der Waals surface area contributed by atoms with Crippen molar-refractivity contribution in [2.24, 2.45) is 23.5 Å². The highest BCUT2D eigenvalue weighted by Crippen LogP contribution is 2.34. The van der Waals surface area contributed by atoms with Crippen LogP contribution in [0.1, 0.15) is 147 Å². The molecular formula is C61H93N5O15. The Morgan fingerprint density at radius 3 is 1.38 bits per heavy atom. The van der Waals surface area contributed by atoms with Gasteiger partial charge in [-0.25, -0.2) is 14.4 Å². The number of unbranched alkanes of at least 4 members (excludes halogenated alkanes) is 2. The first-order chi connectivity index (χ1) is 38.9. The van der Waals surface area contributed by atoms with Gasteiger partial charge in [-0.15, -0.1) is 0 Å². The monoisotopic (exact) mass is 1140 g/mol. The first kappa shape index (κ1) is 67.7. The van der Waals surface area contributed by atoms with Crippen LogP contribution in [0.15, 0.2) is 60.7 Å². The SMILES string of the molecule is CCCC[C@H](CC(=O)C1(NC(=O)N2CCOCC2)CCCCC1)[C@H](O)C(=O)C[C@@H](Cc1ccccc1)C(=O)OC.CCCC[C@H](N)[C@H](O)C(=O)C[C@@H](Cc1ccccc1)C(=O)OC.O=C(NC1(C(=O)O)CCCCC1)N1CCOCC1. The summed E-state index contributed by atoms with van der Waals surface area (Å²) in [6.45, 7) is 8.04. The smallest absolute Gasteiger partial charge is 0.329 e. The number of carbonyl (C=O) groups excluding carboxylic acids is 7. The van der Waals surface area contributed by atoms with Crippen molar-refractivity contribution in [1.29, 1.82) is 0 Å². The van der Waals surface area contributed by atoms with Gasteiger partial charge in [-0.3, -0.25) is 24.0 Å². The first-order valence-corrected chi connectivity index (χ1v) is 29.4. The zero-order chi connectivity index (χ0) is 59.2. The summed E-state index contributed by atoms with van der Waals surface area (Å²) in [4.78, 5) is 104. The number of amides is 4.